The van der Waals surface area contributed by atoms with Gasteiger partial charge in [0, 0.05) is 30.4 Å². The average molecular weight is 574 g/mol. The van der Waals surface area contributed by atoms with Gasteiger partial charge in [0.1, 0.15) is 23.1 Å². The zero-order chi connectivity index (χ0) is 29.1. The number of hydrogen-bond acceptors (Lipinski definition) is 9. The van der Waals surface area contributed by atoms with E-state index in [2.05, 4.69) is 26.3 Å². The molecular weight excluding hydrogens is 537 g/mol. The van der Waals surface area contributed by atoms with Crippen LogP contribution in [-0.4, -0.2) is 54.8 Å². The molecule has 0 aromatic carbocycles. The molecule has 0 saturated heterocycles. The summed E-state index contributed by atoms with van der Waals surface area (Å²) in [4.78, 5) is 21.8. The molecule has 2 saturated carbocycles. The number of anilines is 5. The van der Waals surface area contributed by atoms with Gasteiger partial charge in [0.05, 0.1) is 29.2 Å². The predicted octanol–water partition coefficient (Wildman–Crippen LogP) is 4.66. The van der Waals surface area contributed by atoms with Crippen molar-refractivity contribution in [3.8, 4) is 0 Å². The van der Waals surface area contributed by atoms with Crippen LogP contribution in [0, 0.1) is 5.82 Å². The van der Waals surface area contributed by atoms with E-state index < -0.39 is 11.7 Å². The van der Waals surface area contributed by atoms with E-state index >= 15 is 0 Å². The number of hydrogen-bond donors (Lipinski definition) is 6. The van der Waals surface area contributed by atoms with Gasteiger partial charge in [-0.3, -0.25) is 9.78 Å². The number of nitrogens with two attached hydrogens (primary N) is 1. The Kier molecular flexibility index (Phi) is 8.15. The third kappa shape index (κ3) is 6.44. The molecule has 4 aromatic heterocycles. The fourth-order valence-corrected chi connectivity index (χ4v) is 5.72. The second kappa shape index (κ2) is 12.3. The van der Waals surface area contributed by atoms with Gasteiger partial charge in [-0.05, 0) is 81.7 Å². The lowest BCUT2D eigenvalue weighted by Crippen LogP contribution is -2.33. The molecule has 0 aliphatic heterocycles. The predicted molar refractivity (Wildman–Crippen MR) is 161 cm³/mol. The molecule has 0 atom stereocenters. The van der Waals surface area contributed by atoms with Crippen LogP contribution in [0.4, 0.5) is 33.2 Å². The molecule has 12 heteroatoms. The van der Waals surface area contributed by atoms with Gasteiger partial charge >= 0.3 is 0 Å². The van der Waals surface area contributed by atoms with E-state index in [4.69, 9.17) is 15.8 Å². The van der Waals surface area contributed by atoms with Gasteiger partial charge in [0.2, 0.25) is 0 Å². The van der Waals surface area contributed by atoms with Crippen molar-refractivity contribution in [2.45, 2.75) is 75.6 Å². The van der Waals surface area contributed by atoms with Crippen LogP contribution >= 0.6 is 0 Å². The van der Waals surface area contributed by atoms with Crippen molar-refractivity contribution in [1.82, 2.24) is 19.6 Å². The van der Waals surface area contributed by atoms with E-state index in [1.165, 1.54) is 12.3 Å². The van der Waals surface area contributed by atoms with Gasteiger partial charge in [-0.15, -0.1) is 5.10 Å². The molecule has 0 spiro atoms. The number of pyridine rings is 2. The minimum absolute atomic E-state index is 0.0390. The molecule has 4 aromatic rings. The Labute approximate surface area is 243 Å². The lowest BCUT2D eigenvalue weighted by molar-refractivity contribution is 0.102. The van der Waals surface area contributed by atoms with Crippen molar-refractivity contribution in [2.24, 2.45) is 5.73 Å². The van der Waals surface area contributed by atoms with Gasteiger partial charge in [0.25, 0.3) is 5.91 Å². The molecule has 11 nitrogen and oxygen atoms in total. The summed E-state index contributed by atoms with van der Waals surface area (Å²) in [6.45, 7) is 0. The Morgan fingerprint density at radius 3 is 2.38 bits per heavy atom. The number of aromatic nitrogens is 4. The Bertz CT molecular complexity index is 1550. The molecule has 42 heavy (non-hydrogen) atoms. The topological polar surface area (TPSA) is 155 Å². The van der Waals surface area contributed by atoms with E-state index in [0.717, 1.165) is 63.4 Å². The van der Waals surface area contributed by atoms with Crippen LogP contribution in [0.15, 0.2) is 54.9 Å². The van der Waals surface area contributed by atoms with Crippen LogP contribution in [-0.2, 0) is 0 Å². The maximum Gasteiger partial charge on any atom is 0.274 e. The molecule has 0 unspecified atom stereocenters. The third-order valence-electron chi connectivity index (χ3n) is 8.06. The van der Waals surface area contributed by atoms with Crippen molar-refractivity contribution in [3.63, 3.8) is 0 Å². The van der Waals surface area contributed by atoms with Crippen LogP contribution in [0.3, 0.4) is 0 Å². The Morgan fingerprint density at radius 1 is 0.905 bits per heavy atom. The number of fused-ring (bicyclic) bond motifs is 1. The minimum atomic E-state index is -0.621. The second-order valence-electron chi connectivity index (χ2n) is 11.2. The molecule has 1 amide bonds. The smallest absolute Gasteiger partial charge is 0.274 e. The fourth-order valence-electron chi connectivity index (χ4n) is 5.72. The van der Waals surface area contributed by atoms with Gasteiger partial charge in [-0.1, -0.05) is 6.07 Å². The summed E-state index contributed by atoms with van der Waals surface area (Å²) in [6, 6.07) is 13.2. The second-order valence-corrected chi connectivity index (χ2v) is 11.2. The number of halogens is 1. The Balaban J connectivity index is 1.29. The van der Waals surface area contributed by atoms with Gasteiger partial charge in [-0.2, -0.15) is 0 Å². The van der Waals surface area contributed by atoms with Crippen LogP contribution in [0.2, 0.25) is 0 Å². The third-order valence-corrected chi connectivity index (χ3v) is 8.06. The highest BCUT2D eigenvalue weighted by molar-refractivity contribution is 6.04. The maximum atomic E-state index is 14.2. The number of nitrogens with one attached hydrogen (secondary N) is 4. The van der Waals surface area contributed by atoms with Gasteiger partial charge in [-0.25, -0.2) is 13.9 Å². The number of amides is 1. The molecule has 2 aliphatic carbocycles. The first kappa shape index (κ1) is 27.9. The van der Waals surface area contributed by atoms with Crippen molar-refractivity contribution in [1.29, 1.82) is 0 Å². The van der Waals surface area contributed by atoms with Crippen molar-refractivity contribution >= 4 is 40.3 Å². The quantitative estimate of drug-likeness (QED) is 0.177. The SMILES string of the molecule is N[C@H]1CC[C@H](Nc2cc(Nc3cccc(N[C@H]4CC[C@H](O)CC4)n3)c3ccc(C(=O)Nc4ccncc4F)n3n2)CC1. The molecule has 7 N–H and O–H groups in total. The van der Waals surface area contributed by atoms with Crippen molar-refractivity contribution < 1.29 is 14.3 Å². The van der Waals surface area contributed by atoms with E-state index in [1.807, 2.05) is 24.3 Å². The first-order valence-corrected chi connectivity index (χ1v) is 14.6. The van der Waals surface area contributed by atoms with E-state index in [0.29, 0.717) is 22.8 Å². The highest BCUT2D eigenvalue weighted by Crippen LogP contribution is 2.29. The Morgan fingerprint density at radius 2 is 1.62 bits per heavy atom. The zero-order valence-corrected chi connectivity index (χ0v) is 23.3. The summed E-state index contributed by atoms with van der Waals surface area (Å²) < 4.78 is 15.8. The number of aliphatic hydroxyl groups is 1. The average Bonchev–Trinajstić information content (AvgIpc) is 3.41. The molecular formula is C30H36FN9O2. The lowest BCUT2D eigenvalue weighted by atomic mass is 9.92. The molecule has 2 aliphatic rings. The molecule has 2 fully saturated rings. The molecule has 0 radical (unpaired) electrons. The van der Waals surface area contributed by atoms with E-state index in [9.17, 15) is 14.3 Å². The van der Waals surface area contributed by atoms with E-state index in [1.54, 1.807) is 16.6 Å². The summed E-state index contributed by atoms with van der Waals surface area (Å²) in [7, 11) is 0. The van der Waals surface area contributed by atoms with Gasteiger partial charge < -0.3 is 32.1 Å². The van der Waals surface area contributed by atoms with Crippen LogP contribution in [0.25, 0.3) is 5.52 Å². The molecule has 4 heterocycles. The highest BCUT2D eigenvalue weighted by atomic mass is 19.1. The Hall–Kier alpha value is -4.29. The van der Waals surface area contributed by atoms with Crippen molar-refractivity contribution in [3.05, 3.63) is 66.4 Å². The summed E-state index contributed by atoms with van der Waals surface area (Å²) in [5, 5.41) is 27.6. The molecule has 0 bridgehead atoms. The normalized spacial score (nSPS) is 22.5. The number of rotatable bonds is 8. The monoisotopic (exact) mass is 573 g/mol. The summed E-state index contributed by atoms with van der Waals surface area (Å²) in [5.74, 6) is 0.855. The van der Waals surface area contributed by atoms with Crippen molar-refractivity contribution in [2.75, 3.05) is 21.3 Å². The zero-order valence-electron chi connectivity index (χ0n) is 23.3. The summed E-state index contributed by atoms with van der Waals surface area (Å²) >= 11 is 0. The first-order chi connectivity index (χ1) is 20.4. The lowest BCUT2D eigenvalue weighted by Gasteiger charge is -2.27. The van der Waals surface area contributed by atoms with Crippen LogP contribution in [0.5, 0.6) is 0 Å². The highest BCUT2D eigenvalue weighted by Gasteiger charge is 2.22. The van der Waals surface area contributed by atoms with Crippen LogP contribution < -0.4 is 27.0 Å². The van der Waals surface area contributed by atoms with Crippen LogP contribution in [0.1, 0.15) is 61.9 Å². The fraction of sp³-hybridized carbons (Fsp3) is 0.400. The maximum absolute atomic E-state index is 14.2. The number of carbonyl (C=O) groups is 1. The minimum Gasteiger partial charge on any atom is -0.393 e. The standard InChI is InChI=1S/C30H36FN9O2/c31-22-17-33-15-14-23(22)37-30(42)26-13-12-25-24(16-29(39-40(25)26)35-19-6-4-18(32)5-7-19)36-28-3-1-2-27(38-28)34-20-8-10-21(41)11-9-20/h1-3,12-21,41H,4-11,32H2,(H,35,39)(H,33,37,42)(H2,34,36,38)/t18-,19-,20-,21-. The van der Waals surface area contributed by atoms with Gasteiger partial charge in [0.15, 0.2) is 5.82 Å². The largest absolute Gasteiger partial charge is 0.393 e. The molecule has 6 rings (SSSR count). The number of carbonyl (C=O) groups excluding carboxylic acids is 1. The summed E-state index contributed by atoms with van der Waals surface area (Å²) in [6.07, 6.45) is 9.33. The molecule has 220 valence electrons. The summed E-state index contributed by atoms with van der Waals surface area (Å²) in [5.41, 5.74) is 7.77. The number of nitrogens with zero attached hydrogens (tertiary/aromatic N) is 4. The number of aliphatic hydroxyl groups excluding tert-OH is 1. The van der Waals surface area contributed by atoms with E-state index in [-0.39, 0.29) is 35.6 Å². The first-order valence-electron chi connectivity index (χ1n) is 14.6.